The fourth-order valence-corrected chi connectivity index (χ4v) is 7.01. The van der Waals surface area contributed by atoms with Gasteiger partial charge in [0, 0.05) is 29.1 Å². The van der Waals surface area contributed by atoms with Gasteiger partial charge in [-0.05, 0) is 72.4 Å². The first-order valence-electron chi connectivity index (χ1n) is 15.7. The molecular weight excluding hydrogens is 653 g/mol. The lowest BCUT2D eigenvalue weighted by Crippen LogP contribution is -2.54. The smallest absolute Gasteiger partial charge is 0.264 e. The Kier molecular flexibility index (Phi) is 12.5. The molecule has 0 spiro atoms. The van der Waals surface area contributed by atoms with E-state index in [0.29, 0.717) is 27.7 Å². The number of rotatable bonds is 14. The van der Waals surface area contributed by atoms with Gasteiger partial charge in [0.1, 0.15) is 12.6 Å². The number of halogens is 2. The second-order valence-corrected chi connectivity index (χ2v) is 14.6. The fraction of sp³-hybridized carbons (Fsp3) is 0.297. The summed E-state index contributed by atoms with van der Waals surface area (Å²) in [4.78, 5) is 30.1. The summed E-state index contributed by atoms with van der Waals surface area (Å²) in [7, 11) is -4.19. The average Bonchev–Trinajstić information content (AvgIpc) is 3.06. The Morgan fingerprint density at radius 3 is 2.02 bits per heavy atom. The lowest BCUT2D eigenvalue weighted by Gasteiger charge is -2.34. The van der Waals surface area contributed by atoms with Gasteiger partial charge in [0.15, 0.2) is 0 Å². The van der Waals surface area contributed by atoms with E-state index in [0.717, 1.165) is 15.4 Å². The van der Waals surface area contributed by atoms with Crippen molar-refractivity contribution in [1.82, 2.24) is 10.2 Å². The minimum absolute atomic E-state index is 0.0448. The minimum Gasteiger partial charge on any atom is -0.352 e. The Balaban J connectivity index is 1.83. The van der Waals surface area contributed by atoms with Gasteiger partial charge in [-0.2, -0.15) is 0 Å². The number of sulfonamides is 1. The first kappa shape index (κ1) is 36.0. The van der Waals surface area contributed by atoms with Crippen molar-refractivity contribution in [2.45, 2.75) is 70.0 Å². The summed E-state index contributed by atoms with van der Waals surface area (Å²) in [5.41, 5.74) is 2.77. The van der Waals surface area contributed by atoms with Crippen LogP contribution in [0.3, 0.4) is 0 Å². The SMILES string of the molecule is CC[C@H](C)NC(=O)[C@@H](Cc1ccccc1)N(Cc1ccc(Cl)cc1Cl)C(=O)CN(c1ccc(C(C)C)cc1)S(=O)(=O)c1ccccc1. The molecular formula is C37H41Cl2N3O4S. The second kappa shape index (κ2) is 16.3. The Labute approximate surface area is 288 Å². The van der Waals surface area contributed by atoms with Crippen molar-refractivity contribution in [3.05, 3.63) is 130 Å². The highest BCUT2D eigenvalue weighted by atomic mass is 35.5. The lowest BCUT2D eigenvalue weighted by atomic mass is 10.0. The third-order valence-corrected chi connectivity index (χ3v) is 10.5. The summed E-state index contributed by atoms with van der Waals surface area (Å²) in [6, 6.07) is 28.4. The molecule has 7 nitrogen and oxygen atoms in total. The van der Waals surface area contributed by atoms with E-state index in [1.807, 2.05) is 70.2 Å². The minimum atomic E-state index is -4.19. The van der Waals surface area contributed by atoms with E-state index in [9.17, 15) is 18.0 Å². The summed E-state index contributed by atoms with van der Waals surface area (Å²) in [6.07, 6.45) is 0.894. The highest BCUT2D eigenvalue weighted by Gasteiger charge is 2.35. The molecule has 0 saturated carbocycles. The van der Waals surface area contributed by atoms with Crippen LogP contribution >= 0.6 is 23.2 Å². The number of carbonyl (C=O) groups is 2. The second-order valence-electron chi connectivity index (χ2n) is 11.9. The van der Waals surface area contributed by atoms with Crippen molar-refractivity contribution >= 4 is 50.7 Å². The van der Waals surface area contributed by atoms with Crippen molar-refractivity contribution in [3.8, 4) is 0 Å². The molecule has 4 aromatic carbocycles. The maximum atomic E-state index is 14.6. The number of anilines is 1. The van der Waals surface area contributed by atoms with Gasteiger partial charge in [-0.3, -0.25) is 13.9 Å². The molecule has 4 rings (SSSR count). The van der Waals surface area contributed by atoms with Gasteiger partial charge in [0.25, 0.3) is 10.0 Å². The third kappa shape index (κ3) is 9.37. The number of carbonyl (C=O) groups excluding carboxylic acids is 2. The maximum Gasteiger partial charge on any atom is 0.264 e. The van der Waals surface area contributed by atoms with Crippen LogP contribution in [0.2, 0.25) is 10.0 Å². The van der Waals surface area contributed by atoms with Gasteiger partial charge < -0.3 is 10.2 Å². The molecule has 0 saturated heterocycles. The first-order valence-corrected chi connectivity index (χ1v) is 17.9. The Hall–Kier alpha value is -3.85. The first-order chi connectivity index (χ1) is 22.4. The molecule has 0 unspecified atom stereocenters. The molecule has 0 fully saturated rings. The van der Waals surface area contributed by atoms with Crippen LogP contribution in [0, 0.1) is 0 Å². The molecule has 2 atom stereocenters. The van der Waals surface area contributed by atoms with Crippen LogP contribution in [-0.4, -0.2) is 43.8 Å². The molecule has 10 heteroatoms. The highest BCUT2D eigenvalue weighted by molar-refractivity contribution is 7.92. The molecule has 0 bridgehead atoms. The number of hydrogen-bond donors (Lipinski definition) is 1. The molecule has 0 aliphatic carbocycles. The van der Waals surface area contributed by atoms with Crippen molar-refractivity contribution in [2.24, 2.45) is 0 Å². The Morgan fingerprint density at radius 2 is 1.45 bits per heavy atom. The van der Waals surface area contributed by atoms with Crippen LogP contribution in [-0.2, 0) is 32.6 Å². The fourth-order valence-electron chi connectivity index (χ4n) is 5.10. The van der Waals surface area contributed by atoms with Gasteiger partial charge in [0.05, 0.1) is 10.6 Å². The maximum absolute atomic E-state index is 14.6. The van der Waals surface area contributed by atoms with Gasteiger partial charge in [0.2, 0.25) is 11.8 Å². The van der Waals surface area contributed by atoms with Gasteiger partial charge in [-0.15, -0.1) is 0 Å². The number of nitrogens with one attached hydrogen (secondary N) is 1. The summed E-state index contributed by atoms with van der Waals surface area (Å²) in [6.45, 7) is 7.36. The molecule has 0 radical (unpaired) electrons. The van der Waals surface area contributed by atoms with E-state index in [1.165, 1.54) is 17.0 Å². The Bertz CT molecular complexity index is 1750. The third-order valence-electron chi connectivity index (χ3n) is 8.09. The standard InChI is InChI=1S/C37H41Cl2N3O4S/c1-5-27(4)40-37(44)35(22-28-12-8-6-9-13-28)41(24-30-16-19-31(38)23-34(30)39)36(43)25-42(32-20-17-29(18-21-32)26(2)3)47(45,46)33-14-10-7-11-15-33/h6-21,23,26-27,35H,5,22,24-25H2,1-4H3,(H,40,44)/t27-,35+/m0/s1. The van der Waals surface area contributed by atoms with Gasteiger partial charge in [-0.25, -0.2) is 8.42 Å². The van der Waals surface area contributed by atoms with E-state index < -0.39 is 28.5 Å². The Morgan fingerprint density at radius 1 is 0.830 bits per heavy atom. The van der Waals surface area contributed by atoms with Crippen molar-refractivity contribution in [1.29, 1.82) is 0 Å². The number of nitrogens with zero attached hydrogens (tertiary/aromatic N) is 2. The quantitative estimate of drug-likeness (QED) is 0.146. The molecule has 4 aromatic rings. The van der Waals surface area contributed by atoms with Crippen LogP contribution in [0.15, 0.2) is 108 Å². The van der Waals surface area contributed by atoms with E-state index >= 15 is 0 Å². The lowest BCUT2D eigenvalue weighted by molar-refractivity contribution is -0.140. The number of amides is 2. The van der Waals surface area contributed by atoms with Crippen molar-refractivity contribution in [3.63, 3.8) is 0 Å². The zero-order chi connectivity index (χ0) is 34.1. The highest BCUT2D eigenvalue weighted by Crippen LogP contribution is 2.28. The van der Waals surface area contributed by atoms with E-state index in [4.69, 9.17) is 23.2 Å². The summed E-state index contributed by atoms with van der Waals surface area (Å²) >= 11 is 12.8. The predicted octanol–water partition coefficient (Wildman–Crippen LogP) is 7.87. The molecule has 1 N–H and O–H groups in total. The zero-order valence-electron chi connectivity index (χ0n) is 27.1. The van der Waals surface area contributed by atoms with Crippen LogP contribution in [0.5, 0.6) is 0 Å². The van der Waals surface area contributed by atoms with Crippen molar-refractivity contribution in [2.75, 3.05) is 10.8 Å². The summed E-state index contributed by atoms with van der Waals surface area (Å²) in [5, 5.41) is 3.79. The zero-order valence-corrected chi connectivity index (χ0v) is 29.4. The average molecular weight is 695 g/mol. The molecule has 248 valence electrons. The normalized spacial score (nSPS) is 12.7. The van der Waals surface area contributed by atoms with Gasteiger partial charge in [-0.1, -0.05) is 111 Å². The summed E-state index contributed by atoms with van der Waals surface area (Å²) in [5.74, 6) is -0.684. The molecule has 0 aliphatic heterocycles. The number of benzene rings is 4. The molecule has 0 heterocycles. The molecule has 0 aromatic heterocycles. The van der Waals surface area contributed by atoms with Crippen LogP contribution in [0.4, 0.5) is 5.69 Å². The van der Waals surface area contributed by atoms with Crippen LogP contribution < -0.4 is 9.62 Å². The largest absolute Gasteiger partial charge is 0.352 e. The molecule has 0 aliphatic rings. The predicted molar refractivity (Wildman–Crippen MR) is 190 cm³/mol. The van der Waals surface area contributed by atoms with E-state index in [1.54, 1.807) is 48.5 Å². The number of hydrogen-bond acceptors (Lipinski definition) is 4. The van der Waals surface area contributed by atoms with Crippen molar-refractivity contribution < 1.29 is 18.0 Å². The molecule has 2 amide bonds. The van der Waals surface area contributed by atoms with Gasteiger partial charge >= 0.3 is 0 Å². The van der Waals surface area contributed by atoms with E-state index in [2.05, 4.69) is 5.32 Å². The molecule has 47 heavy (non-hydrogen) atoms. The van der Waals surface area contributed by atoms with Crippen LogP contribution in [0.1, 0.15) is 56.7 Å². The topological polar surface area (TPSA) is 86.8 Å². The van der Waals surface area contributed by atoms with E-state index in [-0.39, 0.29) is 35.7 Å². The van der Waals surface area contributed by atoms with Crippen LogP contribution in [0.25, 0.3) is 0 Å². The summed E-state index contributed by atoms with van der Waals surface area (Å²) < 4.78 is 29.5. The monoisotopic (exact) mass is 693 g/mol.